The maximum absolute atomic E-state index is 6.08. The van der Waals surface area contributed by atoms with E-state index in [9.17, 15) is 0 Å². The van der Waals surface area contributed by atoms with Gasteiger partial charge in [-0.25, -0.2) is 4.98 Å². The van der Waals surface area contributed by atoms with E-state index >= 15 is 0 Å². The van der Waals surface area contributed by atoms with Crippen LogP contribution in [-0.2, 0) is 0 Å². The summed E-state index contributed by atoms with van der Waals surface area (Å²) in [6.07, 6.45) is 3.06. The van der Waals surface area contributed by atoms with E-state index in [0.29, 0.717) is 6.04 Å². The number of pyridine rings is 1. The molecular weight excluding hydrogens is 212 g/mol. The highest BCUT2D eigenvalue weighted by Gasteiger charge is 2.22. The Morgan fingerprint density at radius 1 is 1.41 bits per heavy atom. The Labute approximate surface area is 103 Å². The molecule has 0 amide bonds. The first kappa shape index (κ1) is 12.2. The zero-order valence-electron chi connectivity index (χ0n) is 11.0. The zero-order chi connectivity index (χ0) is 12.4. The predicted octanol–water partition coefficient (Wildman–Crippen LogP) is 1.50. The summed E-state index contributed by atoms with van der Waals surface area (Å²) in [6.45, 7) is 7.50. The number of nitrogens with zero attached hydrogens (tertiary/aromatic N) is 3. The third-order valence-electron chi connectivity index (χ3n) is 3.35. The van der Waals surface area contributed by atoms with Crippen molar-refractivity contribution in [2.45, 2.75) is 26.3 Å². The molecule has 94 valence electrons. The fourth-order valence-corrected chi connectivity index (χ4v) is 2.51. The second-order valence-electron chi connectivity index (χ2n) is 5.08. The van der Waals surface area contributed by atoms with Gasteiger partial charge in [-0.2, -0.15) is 0 Å². The number of rotatable bonds is 1. The number of anilines is 2. The van der Waals surface area contributed by atoms with Crippen molar-refractivity contribution in [1.29, 1.82) is 0 Å². The lowest BCUT2D eigenvalue weighted by molar-refractivity contribution is 0.337. The molecule has 1 saturated heterocycles. The van der Waals surface area contributed by atoms with Gasteiger partial charge in [0, 0.05) is 25.3 Å². The van der Waals surface area contributed by atoms with Gasteiger partial charge in [0.1, 0.15) is 0 Å². The third kappa shape index (κ3) is 2.69. The Morgan fingerprint density at radius 2 is 2.18 bits per heavy atom. The van der Waals surface area contributed by atoms with E-state index in [1.165, 1.54) is 0 Å². The number of aromatic nitrogens is 1. The molecule has 1 aliphatic rings. The molecule has 1 fully saturated rings. The molecule has 0 aliphatic carbocycles. The van der Waals surface area contributed by atoms with Gasteiger partial charge >= 0.3 is 0 Å². The van der Waals surface area contributed by atoms with E-state index in [1.54, 1.807) is 0 Å². The molecule has 1 aromatic heterocycles. The Hall–Kier alpha value is -1.29. The minimum absolute atomic E-state index is 0.458. The Balaban J connectivity index is 2.25. The van der Waals surface area contributed by atoms with Crippen LogP contribution in [0.25, 0.3) is 0 Å². The fourth-order valence-electron chi connectivity index (χ4n) is 2.51. The van der Waals surface area contributed by atoms with Crippen LogP contribution in [-0.4, -0.2) is 42.6 Å². The summed E-state index contributed by atoms with van der Waals surface area (Å²) >= 11 is 0. The molecule has 1 aromatic rings. The Morgan fingerprint density at radius 3 is 2.88 bits per heavy atom. The molecule has 2 N–H and O–H groups in total. The van der Waals surface area contributed by atoms with Crippen molar-refractivity contribution in [2.75, 3.05) is 37.3 Å². The van der Waals surface area contributed by atoms with Crippen LogP contribution in [0.15, 0.2) is 12.3 Å². The minimum atomic E-state index is 0.458. The van der Waals surface area contributed by atoms with Gasteiger partial charge in [-0.3, -0.25) is 0 Å². The molecule has 4 nitrogen and oxygen atoms in total. The van der Waals surface area contributed by atoms with Crippen molar-refractivity contribution in [3.8, 4) is 0 Å². The Kier molecular flexibility index (Phi) is 3.52. The third-order valence-corrected chi connectivity index (χ3v) is 3.35. The van der Waals surface area contributed by atoms with E-state index in [2.05, 4.69) is 28.8 Å². The zero-order valence-corrected chi connectivity index (χ0v) is 11.0. The molecule has 0 spiro atoms. The number of hydrogen-bond donors (Lipinski definition) is 1. The first-order chi connectivity index (χ1) is 8.08. The molecule has 1 unspecified atom stereocenters. The average Bonchev–Trinajstić information content (AvgIpc) is 2.40. The van der Waals surface area contributed by atoms with Gasteiger partial charge in [-0.1, -0.05) is 0 Å². The van der Waals surface area contributed by atoms with Crippen LogP contribution < -0.4 is 10.6 Å². The lowest BCUT2D eigenvalue weighted by atomic mass is 10.2. The SMILES string of the molecule is Cc1cnc(N2CCCN(C)CC2C)c(N)c1. The van der Waals surface area contributed by atoms with Crippen molar-refractivity contribution >= 4 is 11.5 Å². The van der Waals surface area contributed by atoms with E-state index in [1.807, 2.05) is 19.2 Å². The molecular formula is C13H22N4. The van der Waals surface area contributed by atoms with Gasteiger partial charge in [0.2, 0.25) is 0 Å². The maximum Gasteiger partial charge on any atom is 0.152 e. The van der Waals surface area contributed by atoms with Gasteiger partial charge in [0.25, 0.3) is 0 Å². The largest absolute Gasteiger partial charge is 0.396 e. The molecule has 0 radical (unpaired) electrons. The van der Waals surface area contributed by atoms with Crippen molar-refractivity contribution in [3.05, 3.63) is 17.8 Å². The summed E-state index contributed by atoms with van der Waals surface area (Å²) in [5.41, 5.74) is 7.99. The highest BCUT2D eigenvalue weighted by Crippen LogP contribution is 2.24. The summed E-state index contributed by atoms with van der Waals surface area (Å²) in [4.78, 5) is 9.20. The summed E-state index contributed by atoms with van der Waals surface area (Å²) in [7, 11) is 2.17. The van der Waals surface area contributed by atoms with Gasteiger partial charge in [-0.05, 0) is 45.5 Å². The van der Waals surface area contributed by atoms with Crippen LogP contribution in [0.5, 0.6) is 0 Å². The molecule has 17 heavy (non-hydrogen) atoms. The summed E-state index contributed by atoms with van der Waals surface area (Å²) in [6, 6.07) is 2.46. The van der Waals surface area contributed by atoms with Crippen molar-refractivity contribution in [3.63, 3.8) is 0 Å². The van der Waals surface area contributed by atoms with Crippen LogP contribution in [0.2, 0.25) is 0 Å². The second kappa shape index (κ2) is 4.92. The normalized spacial score (nSPS) is 22.5. The fraction of sp³-hybridized carbons (Fsp3) is 0.615. The molecule has 0 aromatic carbocycles. The van der Waals surface area contributed by atoms with Crippen LogP contribution in [0.3, 0.4) is 0 Å². The van der Waals surface area contributed by atoms with Gasteiger partial charge in [-0.15, -0.1) is 0 Å². The van der Waals surface area contributed by atoms with Gasteiger partial charge in [0.15, 0.2) is 5.82 Å². The molecule has 1 atom stereocenters. The molecule has 0 saturated carbocycles. The quantitative estimate of drug-likeness (QED) is 0.800. The summed E-state index contributed by atoms with van der Waals surface area (Å²) in [5, 5.41) is 0. The number of likely N-dealkylation sites (N-methyl/N-ethyl adjacent to an activating group) is 1. The van der Waals surface area contributed by atoms with Crippen LogP contribution in [0.4, 0.5) is 11.5 Å². The standard InChI is InChI=1S/C13H22N4/c1-10-7-12(14)13(15-8-10)17-6-4-5-16(3)9-11(17)2/h7-8,11H,4-6,9,14H2,1-3H3. The van der Waals surface area contributed by atoms with E-state index in [0.717, 1.165) is 43.1 Å². The van der Waals surface area contributed by atoms with Gasteiger partial charge in [0.05, 0.1) is 5.69 Å². The Bertz CT molecular complexity index is 391. The maximum atomic E-state index is 6.08. The van der Waals surface area contributed by atoms with Gasteiger partial charge < -0.3 is 15.5 Å². The monoisotopic (exact) mass is 234 g/mol. The molecule has 4 heteroatoms. The molecule has 2 heterocycles. The average molecular weight is 234 g/mol. The van der Waals surface area contributed by atoms with Crippen LogP contribution in [0.1, 0.15) is 18.9 Å². The lowest BCUT2D eigenvalue weighted by Crippen LogP contribution is -2.38. The first-order valence-corrected chi connectivity index (χ1v) is 6.25. The number of nitrogens with two attached hydrogens (primary N) is 1. The number of hydrogen-bond acceptors (Lipinski definition) is 4. The minimum Gasteiger partial charge on any atom is -0.396 e. The highest BCUT2D eigenvalue weighted by atomic mass is 15.3. The van der Waals surface area contributed by atoms with Crippen LogP contribution >= 0.6 is 0 Å². The van der Waals surface area contributed by atoms with E-state index in [-0.39, 0.29) is 0 Å². The number of aryl methyl sites for hydroxylation is 1. The summed E-state index contributed by atoms with van der Waals surface area (Å²) < 4.78 is 0. The number of nitrogen functional groups attached to an aromatic ring is 1. The molecule has 2 rings (SSSR count). The van der Waals surface area contributed by atoms with Crippen molar-refractivity contribution in [2.24, 2.45) is 0 Å². The second-order valence-corrected chi connectivity index (χ2v) is 5.08. The topological polar surface area (TPSA) is 45.4 Å². The summed E-state index contributed by atoms with van der Waals surface area (Å²) in [5.74, 6) is 0.943. The van der Waals surface area contributed by atoms with E-state index < -0.39 is 0 Å². The highest BCUT2D eigenvalue weighted by molar-refractivity contribution is 5.63. The molecule has 0 bridgehead atoms. The van der Waals surface area contributed by atoms with Crippen LogP contribution in [0, 0.1) is 6.92 Å². The lowest BCUT2D eigenvalue weighted by Gasteiger charge is -2.30. The van der Waals surface area contributed by atoms with Crippen molar-refractivity contribution < 1.29 is 0 Å². The predicted molar refractivity (Wildman–Crippen MR) is 72.3 cm³/mol. The van der Waals surface area contributed by atoms with Crippen molar-refractivity contribution in [1.82, 2.24) is 9.88 Å². The van der Waals surface area contributed by atoms with E-state index in [4.69, 9.17) is 5.73 Å². The first-order valence-electron chi connectivity index (χ1n) is 6.25. The smallest absolute Gasteiger partial charge is 0.152 e. The molecule has 1 aliphatic heterocycles.